The molecule has 6 nitrogen and oxygen atoms in total. The van der Waals surface area contributed by atoms with Crippen molar-refractivity contribution in [2.75, 3.05) is 25.0 Å². The molecule has 0 saturated carbocycles. The van der Waals surface area contributed by atoms with Crippen molar-refractivity contribution in [2.45, 2.75) is 32.6 Å². The van der Waals surface area contributed by atoms with Gasteiger partial charge in [-0.2, -0.15) is 0 Å². The van der Waals surface area contributed by atoms with E-state index in [9.17, 15) is 9.59 Å². The van der Waals surface area contributed by atoms with E-state index < -0.39 is 0 Å². The van der Waals surface area contributed by atoms with Crippen LogP contribution in [0.4, 0.5) is 5.13 Å². The summed E-state index contributed by atoms with van der Waals surface area (Å²) >= 11 is 1.46. The molecule has 1 aliphatic heterocycles. The fourth-order valence-electron chi connectivity index (χ4n) is 3.15. The molecule has 0 unspecified atom stereocenters. The van der Waals surface area contributed by atoms with Crippen LogP contribution in [-0.4, -0.2) is 36.4 Å². The number of halogens is 1. The van der Waals surface area contributed by atoms with Crippen molar-refractivity contribution in [3.05, 3.63) is 35.2 Å². The first-order valence-corrected chi connectivity index (χ1v) is 10.3. The molecule has 1 aromatic heterocycles. The van der Waals surface area contributed by atoms with Gasteiger partial charge in [0.2, 0.25) is 11.8 Å². The van der Waals surface area contributed by atoms with Gasteiger partial charge in [-0.05, 0) is 44.3 Å². The predicted molar refractivity (Wildman–Crippen MR) is 116 cm³/mol. The Kier molecular flexibility index (Phi) is 8.89. The number of benzene rings is 1. The minimum atomic E-state index is 0. The first-order valence-electron chi connectivity index (χ1n) is 9.42. The third-order valence-electron chi connectivity index (χ3n) is 4.71. The Balaban J connectivity index is 0.00000280. The van der Waals surface area contributed by atoms with Crippen molar-refractivity contribution in [1.29, 1.82) is 0 Å². The number of carbonyl (C=O) groups excluding carboxylic acids is 2. The molecule has 1 fully saturated rings. The van der Waals surface area contributed by atoms with Crippen molar-refractivity contribution in [3.63, 3.8) is 0 Å². The Morgan fingerprint density at radius 1 is 1.21 bits per heavy atom. The van der Waals surface area contributed by atoms with Crippen LogP contribution in [-0.2, 0) is 16.0 Å². The van der Waals surface area contributed by atoms with Crippen LogP contribution in [0.25, 0.3) is 11.3 Å². The third-order valence-corrected chi connectivity index (χ3v) is 5.47. The van der Waals surface area contributed by atoms with E-state index in [1.807, 2.05) is 5.38 Å². The van der Waals surface area contributed by atoms with Crippen molar-refractivity contribution in [1.82, 2.24) is 15.6 Å². The summed E-state index contributed by atoms with van der Waals surface area (Å²) in [6.45, 7) is 4.03. The zero-order valence-electron chi connectivity index (χ0n) is 16.0. The number of aryl methyl sites for hydroxylation is 1. The number of amides is 2. The fourth-order valence-corrected chi connectivity index (χ4v) is 3.88. The summed E-state index contributed by atoms with van der Waals surface area (Å²) in [5, 5.41) is 11.7. The van der Waals surface area contributed by atoms with Crippen molar-refractivity contribution < 1.29 is 9.59 Å². The number of aromatic nitrogens is 1. The topological polar surface area (TPSA) is 83.1 Å². The molecular weight excluding hydrogens is 396 g/mol. The normalized spacial score (nSPS) is 14.2. The lowest BCUT2D eigenvalue weighted by Crippen LogP contribution is -2.34. The van der Waals surface area contributed by atoms with E-state index in [0.29, 0.717) is 11.7 Å². The maximum absolute atomic E-state index is 12.3. The van der Waals surface area contributed by atoms with Gasteiger partial charge in [0.1, 0.15) is 0 Å². The van der Waals surface area contributed by atoms with Crippen LogP contribution in [0.15, 0.2) is 29.6 Å². The molecule has 0 atom stereocenters. The van der Waals surface area contributed by atoms with E-state index in [-0.39, 0.29) is 30.1 Å². The number of hydrogen-bond donors (Lipinski definition) is 3. The van der Waals surface area contributed by atoms with Gasteiger partial charge in [0, 0.05) is 30.3 Å². The highest BCUT2D eigenvalue weighted by Crippen LogP contribution is 2.26. The molecule has 0 bridgehead atoms. The molecule has 2 heterocycles. The highest BCUT2D eigenvalue weighted by atomic mass is 35.5. The summed E-state index contributed by atoms with van der Waals surface area (Å²) < 4.78 is 0. The summed E-state index contributed by atoms with van der Waals surface area (Å²) in [6, 6.07) is 8.30. The van der Waals surface area contributed by atoms with E-state index >= 15 is 0 Å². The Morgan fingerprint density at radius 3 is 2.61 bits per heavy atom. The quantitative estimate of drug-likeness (QED) is 0.598. The van der Waals surface area contributed by atoms with Gasteiger partial charge in [0.15, 0.2) is 5.13 Å². The molecule has 2 aromatic rings. The van der Waals surface area contributed by atoms with E-state index in [4.69, 9.17) is 0 Å². The van der Waals surface area contributed by atoms with E-state index in [1.165, 1.54) is 23.8 Å². The van der Waals surface area contributed by atoms with Gasteiger partial charge in [-0.3, -0.25) is 9.59 Å². The fraction of sp³-hybridized carbons (Fsp3) is 0.450. The third kappa shape index (κ3) is 6.58. The maximum Gasteiger partial charge on any atom is 0.229 e. The Morgan fingerprint density at radius 2 is 1.93 bits per heavy atom. The van der Waals surface area contributed by atoms with Crippen LogP contribution >= 0.6 is 23.7 Å². The van der Waals surface area contributed by atoms with Crippen LogP contribution < -0.4 is 16.0 Å². The molecule has 28 heavy (non-hydrogen) atoms. The van der Waals surface area contributed by atoms with Crippen LogP contribution in [0.3, 0.4) is 0 Å². The molecule has 1 saturated heterocycles. The molecule has 3 N–H and O–H groups in total. The second-order valence-corrected chi connectivity index (χ2v) is 7.69. The highest BCUT2D eigenvalue weighted by molar-refractivity contribution is 7.14. The van der Waals surface area contributed by atoms with Crippen LogP contribution in [0.2, 0.25) is 0 Å². The molecule has 152 valence electrons. The summed E-state index contributed by atoms with van der Waals surface area (Å²) in [7, 11) is 0. The maximum atomic E-state index is 12.3. The number of hydrogen-bond acceptors (Lipinski definition) is 5. The summed E-state index contributed by atoms with van der Waals surface area (Å²) in [4.78, 5) is 27.8. The largest absolute Gasteiger partial charge is 0.356 e. The number of nitrogens with one attached hydrogen (secondary N) is 3. The standard InChI is InChI=1S/C20H26N4O2S.ClH/c1-14(25)22-10-2-3-15-4-6-16(7-5-15)18-13-27-20(23-18)24-19(26)17-8-11-21-12-9-17;/h4-7,13,17,21H,2-3,8-12H2,1H3,(H,22,25)(H,23,24,26);1H. The molecule has 1 aliphatic rings. The van der Waals surface area contributed by atoms with Crippen molar-refractivity contribution in [2.24, 2.45) is 5.92 Å². The van der Waals surface area contributed by atoms with Crippen molar-refractivity contribution >= 4 is 40.7 Å². The SMILES string of the molecule is CC(=O)NCCCc1ccc(-c2csc(NC(=O)C3CCNCC3)n2)cc1.Cl. The minimum absolute atomic E-state index is 0. The van der Waals surface area contributed by atoms with Crippen molar-refractivity contribution in [3.8, 4) is 11.3 Å². The second kappa shape index (κ2) is 11.1. The molecule has 8 heteroatoms. The average molecular weight is 423 g/mol. The van der Waals surface area contributed by atoms with Crippen LogP contribution in [0.5, 0.6) is 0 Å². The van der Waals surface area contributed by atoms with E-state index in [1.54, 1.807) is 0 Å². The number of rotatable bonds is 7. The number of carbonyl (C=O) groups is 2. The number of piperidine rings is 1. The van der Waals surface area contributed by atoms with E-state index in [2.05, 4.69) is 45.2 Å². The molecule has 2 amide bonds. The zero-order valence-corrected chi connectivity index (χ0v) is 17.6. The van der Waals surface area contributed by atoms with Crippen LogP contribution in [0.1, 0.15) is 31.7 Å². The monoisotopic (exact) mass is 422 g/mol. The summed E-state index contributed by atoms with van der Waals surface area (Å²) in [5.74, 6) is 0.166. The summed E-state index contributed by atoms with van der Waals surface area (Å²) in [5.41, 5.74) is 3.16. The summed E-state index contributed by atoms with van der Waals surface area (Å²) in [6.07, 6.45) is 3.61. The van der Waals surface area contributed by atoms with Gasteiger partial charge in [-0.15, -0.1) is 23.7 Å². The minimum Gasteiger partial charge on any atom is -0.356 e. The molecule has 3 rings (SSSR count). The predicted octanol–water partition coefficient (Wildman–Crippen LogP) is 3.24. The average Bonchev–Trinajstić information content (AvgIpc) is 3.15. The van der Waals surface area contributed by atoms with Gasteiger partial charge in [-0.1, -0.05) is 24.3 Å². The molecule has 0 radical (unpaired) electrons. The first kappa shape index (κ1) is 22.3. The number of nitrogens with zero attached hydrogens (tertiary/aromatic N) is 1. The lowest BCUT2D eigenvalue weighted by molar-refractivity contribution is -0.120. The van der Waals surface area contributed by atoms with Gasteiger partial charge >= 0.3 is 0 Å². The first-order chi connectivity index (χ1) is 13.1. The van der Waals surface area contributed by atoms with Crippen LogP contribution in [0, 0.1) is 5.92 Å². The lowest BCUT2D eigenvalue weighted by atomic mass is 9.97. The number of thiazole rings is 1. The molecule has 0 spiro atoms. The molecule has 1 aromatic carbocycles. The van der Waals surface area contributed by atoms with Gasteiger partial charge < -0.3 is 16.0 Å². The zero-order chi connectivity index (χ0) is 19.1. The number of anilines is 1. The highest BCUT2D eigenvalue weighted by Gasteiger charge is 2.21. The lowest BCUT2D eigenvalue weighted by Gasteiger charge is -2.20. The molecule has 0 aliphatic carbocycles. The van der Waals surface area contributed by atoms with E-state index in [0.717, 1.165) is 50.0 Å². The van der Waals surface area contributed by atoms with Gasteiger partial charge in [0.05, 0.1) is 5.69 Å². The van der Waals surface area contributed by atoms with Gasteiger partial charge in [0.25, 0.3) is 0 Å². The Bertz CT molecular complexity index is 773. The second-order valence-electron chi connectivity index (χ2n) is 6.83. The Hall–Kier alpha value is -1.96. The van der Waals surface area contributed by atoms with Gasteiger partial charge in [-0.25, -0.2) is 4.98 Å². The smallest absolute Gasteiger partial charge is 0.229 e. The Labute approximate surface area is 175 Å². The molecular formula is C20H27ClN4O2S.